The monoisotopic (exact) mass is 380 g/mol. The van der Waals surface area contributed by atoms with Gasteiger partial charge in [-0.1, -0.05) is 18.2 Å². The number of rotatable bonds is 3. The Morgan fingerprint density at radius 3 is 2.64 bits per heavy atom. The first-order valence-corrected chi connectivity index (χ1v) is 9.53. The molecular formula is C21H24N4O3. The molecule has 0 radical (unpaired) electrons. The Kier molecular flexibility index (Phi) is 4.66. The Morgan fingerprint density at radius 1 is 1.21 bits per heavy atom. The van der Waals surface area contributed by atoms with E-state index in [0.29, 0.717) is 30.2 Å². The van der Waals surface area contributed by atoms with E-state index in [2.05, 4.69) is 5.10 Å². The predicted octanol–water partition coefficient (Wildman–Crippen LogP) is 2.80. The fraction of sp³-hybridized carbons (Fsp3) is 0.381. The number of aromatic nitrogens is 3. The topological polar surface area (TPSA) is 73.3 Å². The number of likely N-dealkylation sites (tertiary alicyclic amines) is 1. The Bertz CT molecular complexity index is 1060. The van der Waals surface area contributed by atoms with Crippen molar-refractivity contribution in [2.24, 2.45) is 7.05 Å². The van der Waals surface area contributed by atoms with E-state index in [4.69, 9.17) is 4.42 Å². The van der Waals surface area contributed by atoms with Crippen LogP contribution < -0.4 is 5.69 Å². The second kappa shape index (κ2) is 7.14. The van der Waals surface area contributed by atoms with E-state index in [1.807, 2.05) is 49.1 Å². The summed E-state index contributed by atoms with van der Waals surface area (Å²) in [6.07, 6.45) is 1.75. The number of carbonyl (C=O) groups is 1. The van der Waals surface area contributed by atoms with Gasteiger partial charge in [-0.2, -0.15) is 5.10 Å². The summed E-state index contributed by atoms with van der Waals surface area (Å²) in [5, 5.41) is 4.51. The maximum absolute atomic E-state index is 13.0. The number of furan rings is 1. The Balaban J connectivity index is 1.66. The summed E-state index contributed by atoms with van der Waals surface area (Å²) in [6, 6.07) is 11.3. The largest absolute Gasteiger partial charge is 0.466 e. The van der Waals surface area contributed by atoms with Crippen molar-refractivity contribution >= 4 is 5.91 Å². The zero-order valence-electron chi connectivity index (χ0n) is 16.4. The average molecular weight is 380 g/mol. The molecule has 1 fully saturated rings. The second-order valence-corrected chi connectivity index (χ2v) is 7.35. The summed E-state index contributed by atoms with van der Waals surface area (Å²) in [6.45, 7) is 4.88. The molecule has 1 atom stereocenters. The number of aryl methyl sites for hydroxylation is 3. The molecule has 0 N–H and O–H groups in total. The van der Waals surface area contributed by atoms with Gasteiger partial charge in [-0.3, -0.25) is 4.79 Å². The van der Waals surface area contributed by atoms with E-state index in [1.165, 1.54) is 4.68 Å². The summed E-state index contributed by atoms with van der Waals surface area (Å²) >= 11 is 0. The Morgan fingerprint density at radius 2 is 1.96 bits per heavy atom. The van der Waals surface area contributed by atoms with E-state index in [9.17, 15) is 9.59 Å². The van der Waals surface area contributed by atoms with Crippen LogP contribution in [-0.4, -0.2) is 38.2 Å². The molecule has 1 aliphatic rings. The molecule has 0 bridgehead atoms. The number of hydrogen-bond acceptors (Lipinski definition) is 4. The minimum Gasteiger partial charge on any atom is -0.466 e. The molecule has 0 spiro atoms. The highest BCUT2D eigenvalue weighted by Gasteiger charge is 2.31. The van der Waals surface area contributed by atoms with E-state index >= 15 is 0 Å². The zero-order valence-corrected chi connectivity index (χ0v) is 16.4. The average Bonchev–Trinajstić information content (AvgIpc) is 3.20. The van der Waals surface area contributed by atoms with Gasteiger partial charge in [0, 0.05) is 26.1 Å². The number of amides is 1. The van der Waals surface area contributed by atoms with Crippen molar-refractivity contribution in [3.05, 3.63) is 69.8 Å². The number of hydrogen-bond donors (Lipinski definition) is 0. The maximum Gasteiger partial charge on any atom is 0.350 e. The molecule has 7 heteroatoms. The fourth-order valence-electron chi connectivity index (χ4n) is 3.95. The molecule has 7 nitrogen and oxygen atoms in total. The molecule has 1 saturated heterocycles. The van der Waals surface area contributed by atoms with Gasteiger partial charge in [0.05, 0.1) is 11.3 Å². The zero-order chi connectivity index (χ0) is 19.8. The molecule has 1 amide bonds. The normalized spacial score (nSPS) is 17.1. The SMILES string of the molecule is Cc1cc(C(=O)N2CCCC(c3nn(C)c(=O)n3-c3ccccc3)C2)c(C)o1. The van der Waals surface area contributed by atoms with Gasteiger partial charge < -0.3 is 9.32 Å². The van der Waals surface area contributed by atoms with Gasteiger partial charge >= 0.3 is 5.69 Å². The van der Waals surface area contributed by atoms with Crippen LogP contribution in [0.1, 0.15) is 46.5 Å². The van der Waals surface area contributed by atoms with Crippen molar-refractivity contribution in [2.45, 2.75) is 32.6 Å². The highest BCUT2D eigenvalue weighted by Crippen LogP contribution is 2.28. The summed E-state index contributed by atoms with van der Waals surface area (Å²) in [7, 11) is 1.66. The molecule has 3 aromatic rings. The van der Waals surface area contributed by atoms with Gasteiger partial charge in [0.15, 0.2) is 0 Å². The van der Waals surface area contributed by atoms with Crippen LogP contribution in [0.4, 0.5) is 0 Å². The van der Waals surface area contributed by atoms with Gasteiger partial charge in [-0.05, 0) is 44.9 Å². The highest BCUT2D eigenvalue weighted by atomic mass is 16.3. The maximum atomic E-state index is 13.0. The van der Waals surface area contributed by atoms with E-state index < -0.39 is 0 Å². The Labute approximate surface area is 163 Å². The van der Waals surface area contributed by atoms with Crippen molar-refractivity contribution < 1.29 is 9.21 Å². The first kappa shape index (κ1) is 18.3. The Hall–Kier alpha value is -3.09. The number of para-hydroxylation sites is 1. The van der Waals surface area contributed by atoms with Crippen LogP contribution in [0.3, 0.4) is 0 Å². The number of nitrogens with zero attached hydrogens (tertiary/aromatic N) is 4. The summed E-state index contributed by atoms with van der Waals surface area (Å²) in [5.74, 6) is 2.06. The lowest BCUT2D eigenvalue weighted by Gasteiger charge is -2.32. The summed E-state index contributed by atoms with van der Waals surface area (Å²) in [5.41, 5.74) is 1.23. The van der Waals surface area contributed by atoms with Gasteiger partial charge in [0.25, 0.3) is 5.91 Å². The van der Waals surface area contributed by atoms with Crippen molar-refractivity contribution in [3.8, 4) is 5.69 Å². The van der Waals surface area contributed by atoms with Gasteiger partial charge in [0.2, 0.25) is 0 Å². The van der Waals surface area contributed by atoms with Crippen LogP contribution in [0.5, 0.6) is 0 Å². The lowest BCUT2D eigenvalue weighted by molar-refractivity contribution is 0.0702. The molecule has 3 heterocycles. The van der Waals surface area contributed by atoms with Crippen molar-refractivity contribution in [3.63, 3.8) is 0 Å². The molecule has 28 heavy (non-hydrogen) atoms. The number of benzene rings is 1. The van der Waals surface area contributed by atoms with Crippen molar-refractivity contribution in [2.75, 3.05) is 13.1 Å². The molecule has 1 aromatic carbocycles. The van der Waals surface area contributed by atoms with E-state index in [0.717, 1.165) is 24.3 Å². The van der Waals surface area contributed by atoms with Crippen LogP contribution in [0.2, 0.25) is 0 Å². The number of carbonyl (C=O) groups excluding carboxylic acids is 1. The molecule has 1 unspecified atom stereocenters. The first-order chi connectivity index (χ1) is 13.5. The molecule has 0 saturated carbocycles. The quantitative estimate of drug-likeness (QED) is 0.700. The van der Waals surface area contributed by atoms with Crippen LogP contribution >= 0.6 is 0 Å². The number of piperidine rings is 1. The molecular weight excluding hydrogens is 356 g/mol. The molecule has 4 rings (SSSR count). The van der Waals surface area contributed by atoms with Gasteiger partial charge in [-0.15, -0.1) is 0 Å². The second-order valence-electron chi connectivity index (χ2n) is 7.35. The molecule has 1 aliphatic heterocycles. The predicted molar refractivity (Wildman–Crippen MR) is 105 cm³/mol. The van der Waals surface area contributed by atoms with Gasteiger partial charge in [0.1, 0.15) is 17.3 Å². The van der Waals surface area contributed by atoms with Crippen LogP contribution in [0.25, 0.3) is 5.69 Å². The molecule has 2 aromatic heterocycles. The fourth-order valence-corrected chi connectivity index (χ4v) is 3.95. The third kappa shape index (κ3) is 3.17. The summed E-state index contributed by atoms with van der Waals surface area (Å²) in [4.78, 5) is 27.5. The van der Waals surface area contributed by atoms with E-state index in [-0.39, 0.29) is 17.5 Å². The van der Waals surface area contributed by atoms with Crippen molar-refractivity contribution in [1.29, 1.82) is 0 Å². The first-order valence-electron chi connectivity index (χ1n) is 9.53. The summed E-state index contributed by atoms with van der Waals surface area (Å²) < 4.78 is 8.55. The standard InChI is InChI=1S/C21H24N4O3/c1-14-12-18(15(2)28-14)20(26)24-11-7-8-16(13-24)19-22-23(3)21(27)25(19)17-9-5-4-6-10-17/h4-6,9-10,12,16H,7-8,11,13H2,1-3H3. The van der Waals surface area contributed by atoms with Crippen LogP contribution in [0.15, 0.2) is 45.6 Å². The minimum atomic E-state index is -0.175. The third-order valence-electron chi connectivity index (χ3n) is 5.31. The van der Waals surface area contributed by atoms with Crippen LogP contribution in [0, 0.1) is 13.8 Å². The molecule has 0 aliphatic carbocycles. The lowest BCUT2D eigenvalue weighted by atomic mass is 9.96. The lowest BCUT2D eigenvalue weighted by Crippen LogP contribution is -2.40. The van der Waals surface area contributed by atoms with Gasteiger partial charge in [-0.25, -0.2) is 14.0 Å². The third-order valence-corrected chi connectivity index (χ3v) is 5.31. The minimum absolute atomic E-state index is 0.000102. The highest BCUT2D eigenvalue weighted by molar-refractivity contribution is 5.95. The smallest absolute Gasteiger partial charge is 0.350 e. The van der Waals surface area contributed by atoms with Crippen LogP contribution in [-0.2, 0) is 7.05 Å². The van der Waals surface area contributed by atoms with Crippen molar-refractivity contribution in [1.82, 2.24) is 19.2 Å². The van der Waals surface area contributed by atoms with E-state index in [1.54, 1.807) is 17.7 Å². The molecule has 146 valence electrons.